The SMILES string of the molecule is Cc1ccccc1[C@@H]1C[C@H](NC(=O)O)C(=O)N(CC(F)(F)F)[C@@H]1C. The zero-order chi connectivity index (χ0) is 18.1. The summed E-state index contributed by atoms with van der Waals surface area (Å²) in [4.78, 5) is 23.9. The average Bonchev–Trinajstić information content (AvgIpc) is 2.46. The van der Waals surface area contributed by atoms with E-state index in [0.29, 0.717) is 0 Å². The van der Waals surface area contributed by atoms with E-state index in [0.717, 1.165) is 16.0 Å². The number of nitrogens with zero attached hydrogens (tertiary/aromatic N) is 1. The number of benzene rings is 1. The first-order valence-electron chi connectivity index (χ1n) is 7.52. The van der Waals surface area contributed by atoms with Crippen molar-refractivity contribution in [1.29, 1.82) is 0 Å². The summed E-state index contributed by atoms with van der Waals surface area (Å²) >= 11 is 0. The molecule has 3 atom stereocenters. The minimum Gasteiger partial charge on any atom is -0.465 e. The number of amides is 2. The monoisotopic (exact) mass is 344 g/mol. The van der Waals surface area contributed by atoms with Gasteiger partial charge < -0.3 is 15.3 Å². The van der Waals surface area contributed by atoms with Gasteiger partial charge in [-0.05, 0) is 31.4 Å². The first kappa shape index (κ1) is 18.1. The molecule has 2 N–H and O–H groups in total. The number of aryl methyl sites for hydroxylation is 1. The Balaban J connectivity index is 2.38. The Bertz CT molecular complexity index is 633. The third kappa shape index (κ3) is 3.98. The van der Waals surface area contributed by atoms with Crippen LogP contribution in [0.25, 0.3) is 0 Å². The highest BCUT2D eigenvalue weighted by Crippen LogP contribution is 2.36. The van der Waals surface area contributed by atoms with Crippen LogP contribution in [0.5, 0.6) is 0 Å². The summed E-state index contributed by atoms with van der Waals surface area (Å²) in [7, 11) is 0. The summed E-state index contributed by atoms with van der Waals surface area (Å²) in [5.41, 5.74) is 1.71. The van der Waals surface area contributed by atoms with Gasteiger partial charge in [-0.15, -0.1) is 0 Å². The van der Waals surface area contributed by atoms with Crippen molar-refractivity contribution < 1.29 is 27.9 Å². The van der Waals surface area contributed by atoms with Crippen LogP contribution in [0, 0.1) is 6.92 Å². The van der Waals surface area contributed by atoms with Gasteiger partial charge in [0.25, 0.3) is 0 Å². The molecule has 0 aromatic heterocycles. The normalized spacial score (nSPS) is 24.8. The predicted octanol–water partition coefficient (Wildman–Crippen LogP) is 2.90. The van der Waals surface area contributed by atoms with Crippen molar-refractivity contribution in [2.75, 3.05) is 6.54 Å². The number of alkyl halides is 3. The van der Waals surface area contributed by atoms with Gasteiger partial charge in [0.2, 0.25) is 5.91 Å². The van der Waals surface area contributed by atoms with E-state index < -0.39 is 36.8 Å². The summed E-state index contributed by atoms with van der Waals surface area (Å²) in [6.07, 6.45) is -5.85. The van der Waals surface area contributed by atoms with Gasteiger partial charge in [-0.3, -0.25) is 4.79 Å². The van der Waals surface area contributed by atoms with Gasteiger partial charge in [-0.1, -0.05) is 24.3 Å². The lowest BCUT2D eigenvalue weighted by molar-refractivity contribution is -0.170. The van der Waals surface area contributed by atoms with Crippen LogP contribution in [0.2, 0.25) is 0 Å². The smallest absolute Gasteiger partial charge is 0.406 e. The standard InChI is InChI=1S/C16H19F3N2O3/c1-9-5-3-4-6-11(9)12-7-13(20-15(23)24)14(22)21(10(12)2)8-16(17,18)19/h3-6,10,12-13,20H,7-8H2,1-2H3,(H,23,24)/t10-,12-,13+/m1/s1. The van der Waals surface area contributed by atoms with E-state index in [2.05, 4.69) is 0 Å². The molecule has 1 heterocycles. The molecule has 24 heavy (non-hydrogen) atoms. The average molecular weight is 344 g/mol. The van der Waals surface area contributed by atoms with Crippen LogP contribution in [-0.4, -0.2) is 46.8 Å². The Morgan fingerprint density at radius 3 is 2.54 bits per heavy atom. The van der Waals surface area contributed by atoms with Crippen LogP contribution in [0.4, 0.5) is 18.0 Å². The summed E-state index contributed by atoms with van der Waals surface area (Å²) < 4.78 is 38.6. The molecule has 5 nitrogen and oxygen atoms in total. The van der Waals surface area contributed by atoms with Gasteiger partial charge in [-0.25, -0.2) is 4.79 Å². The highest BCUT2D eigenvalue weighted by Gasteiger charge is 2.45. The molecule has 1 fully saturated rings. The minimum absolute atomic E-state index is 0.130. The zero-order valence-corrected chi connectivity index (χ0v) is 13.3. The van der Waals surface area contributed by atoms with Crippen LogP contribution in [0.1, 0.15) is 30.4 Å². The molecule has 1 aliphatic rings. The van der Waals surface area contributed by atoms with Gasteiger partial charge >= 0.3 is 12.3 Å². The summed E-state index contributed by atoms with van der Waals surface area (Å²) in [6.45, 7) is 2.01. The second-order valence-corrected chi connectivity index (χ2v) is 6.02. The number of piperidine rings is 1. The number of carbonyl (C=O) groups excluding carboxylic acids is 1. The van der Waals surface area contributed by atoms with Crippen molar-refractivity contribution in [3.05, 3.63) is 35.4 Å². The van der Waals surface area contributed by atoms with Gasteiger partial charge in [0.15, 0.2) is 0 Å². The molecule has 1 aliphatic heterocycles. The van der Waals surface area contributed by atoms with Crippen LogP contribution >= 0.6 is 0 Å². The van der Waals surface area contributed by atoms with Gasteiger partial charge in [-0.2, -0.15) is 13.2 Å². The van der Waals surface area contributed by atoms with E-state index >= 15 is 0 Å². The predicted molar refractivity (Wildman–Crippen MR) is 80.7 cm³/mol. The molecular weight excluding hydrogens is 325 g/mol. The number of likely N-dealkylation sites (tertiary alicyclic amines) is 1. The number of halogens is 3. The van der Waals surface area contributed by atoms with Crippen molar-refractivity contribution in [1.82, 2.24) is 10.2 Å². The summed E-state index contributed by atoms with van der Waals surface area (Å²) in [5.74, 6) is -1.23. The Hall–Kier alpha value is -2.25. The number of hydrogen-bond donors (Lipinski definition) is 2. The molecule has 2 amide bonds. The third-order valence-corrected chi connectivity index (χ3v) is 4.38. The minimum atomic E-state index is -4.55. The van der Waals surface area contributed by atoms with Crippen LogP contribution in [0.15, 0.2) is 24.3 Å². The number of carbonyl (C=O) groups is 2. The molecule has 132 valence electrons. The lowest BCUT2D eigenvalue weighted by atomic mass is 9.80. The number of carboxylic acid groups (broad SMARTS) is 1. The maximum atomic E-state index is 12.9. The second-order valence-electron chi connectivity index (χ2n) is 6.02. The largest absolute Gasteiger partial charge is 0.465 e. The van der Waals surface area contributed by atoms with Crippen molar-refractivity contribution in [3.63, 3.8) is 0 Å². The molecule has 1 aromatic carbocycles. The molecule has 0 spiro atoms. The second kappa shape index (κ2) is 6.70. The summed E-state index contributed by atoms with van der Waals surface area (Å²) in [6, 6.07) is 5.36. The Morgan fingerprint density at radius 1 is 1.38 bits per heavy atom. The van der Waals surface area contributed by atoms with E-state index in [-0.39, 0.29) is 12.3 Å². The molecule has 8 heteroatoms. The van der Waals surface area contributed by atoms with Crippen LogP contribution < -0.4 is 5.32 Å². The van der Waals surface area contributed by atoms with E-state index in [1.54, 1.807) is 19.1 Å². The first-order valence-corrected chi connectivity index (χ1v) is 7.52. The molecule has 1 aromatic rings. The van der Waals surface area contributed by atoms with E-state index in [1.807, 2.05) is 24.4 Å². The molecular formula is C16H19F3N2O3. The van der Waals surface area contributed by atoms with Crippen LogP contribution in [0.3, 0.4) is 0 Å². The topological polar surface area (TPSA) is 69.6 Å². The molecule has 0 aliphatic carbocycles. The molecule has 0 radical (unpaired) electrons. The van der Waals surface area contributed by atoms with Crippen LogP contribution in [-0.2, 0) is 4.79 Å². The van der Waals surface area contributed by atoms with Crippen molar-refractivity contribution in [2.24, 2.45) is 0 Å². The molecule has 0 bridgehead atoms. The van der Waals surface area contributed by atoms with Crippen molar-refractivity contribution in [2.45, 2.75) is 44.4 Å². The van der Waals surface area contributed by atoms with E-state index in [1.165, 1.54) is 0 Å². The first-order chi connectivity index (χ1) is 11.1. The van der Waals surface area contributed by atoms with Crippen molar-refractivity contribution in [3.8, 4) is 0 Å². The van der Waals surface area contributed by atoms with Crippen molar-refractivity contribution >= 4 is 12.0 Å². The maximum Gasteiger partial charge on any atom is 0.406 e. The molecule has 0 unspecified atom stereocenters. The van der Waals surface area contributed by atoms with E-state index in [4.69, 9.17) is 5.11 Å². The molecule has 2 rings (SSSR count). The number of hydrogen-bond acceptors (Lipinski definition) is 2. The van der Waals surface area contributed by atoms with E-state index in [9.17, 15) is 22.8 Å². The number of rotatable bonds is 3. The highest BCUT2D eigenvalue weighted by atomic mass is 19.4. The fraction of sp³-hybridized carbons (Fsp3) is 0.500. The fourth-order valence-electron chi connectivity index (χ4n) is 3.24. The van der Waals surface area contributed by atoms with Gasteiger partial charge in [0.1, 0.15) is 12.6 Å². The Morgan fingerprint density at radius 2 is 2.00 bits per heavy atom. The third-order valence-electron chi connectivity index (χ3n) is 4.38. The lowest BCUT2D eigenvalue weighted by Crippen LogP contribution is -2.59. The van der Waals surface area contributed by atoms with Gasteiger partial charge in [0.05, 0.1) is 0 Å². The highest BCUT2D eigenvalue weighted by molar-refractivity contribution is 5.86. The Kier molecular flexibility index (Phi) is 5.05. The Labute approximate surface area is 137 Å². The molecule has 0 saturated carbocycles. The van der Waals surface area contributed by atoms with Gasteiger partial charge in [0, 0.05) is 12.0 Å². The number of nitrogens with one attached hydrogen (secondary N) is 1. The zero-order valence-electron chi connectivity index (χ0n) is 13.3. The fourth-order valence-corrected chi connectivity index (χ4v) is 3.24. The lowest BCUT2D eigenvalue weighted by Gasteiger charge is -2.43. The quantitative estimate of drug-likeness (QED) is 0.886. The maximum absolute atomic E-state index is 12.9. The summed E-state index contributed by atoms with van der Waals surface area (Å²) in [5, 5.41) is 10.9. The molecule has 1 saturated heterocycles.